The molecule has 1 unspecified atom stereocenters. The highest BCUT2D eigenvalue weighted by Crippen LogP contribution is 2.02. The zero-order valence-electron chi connectivity index (χ0n) is 12.6. The molecule has 1 atom stereocenters. The summed E-state index contributed by atoms with van der Waals surface area (Å²) < 4.78 is 4.81. The van der Waals surface area contributed by atoms with Gasteiger partial charge in [-0.25, -0.2) is 0 Å². The fraction of sp³-hybridized carbons (Fsp3) is 0.533. The minimum atomic E-state index is -0.782. The Kier molecular flexibility index (Phi) is 7.74. The molecule has 0 aliphatic rings. The summed E-state index contributed by atoms with van der Waals surface area (Å²) in [5.74, 6) is -1.39. The number of hydrogen-bond acceptors (Lipinski definition) is 4. The third-order valence-corrected chi connectivity index (χ3v) is 3.14. The summed E-state index contributed by atoms with van der Waals surface area (Å²) in [7, 11) is 0. The molecular weight excluding hydrogens is 288 g/mol. The molecule has 0 spiro atoms. The SMILES string of the molecule is CC(NC(=O)c1ccoc1)C(=O)NCCCCCCC(=O)O. The van der Waals surface area contributed by atoms with Gasteiger partial charge in [0.2, 0.25) is 5.91 Å². The fourth-order valence-corrected chi connectivity index (χ4v) is 1.86. The Labute approximate surface area is 129 Å². The van der Waals surface area contributed by atoms with E-state index < -0.39 is 12.0 Å². The molecule has 7 nitrogen and oxygen atoms in total. The number of aliphatic carboxylic acids is 1. The van der Waals surface area contributed by atoms with Gasteiger partial charge in [-0.1, -0.05) is 12.8 Å². The summed E-state index contributed by atoms with van der Waals surface area (Å²) in [5.41, 5.74) is 0.373. The number of hydrogen-bond donors (Lipinski definition) is 3. The highest BCUT2D eigenvalue weighted by Gasteiger charge is 2.16. The molecule has 2 amide bonds. The van der Waals surface area contributed by atoms with Crippen LogP contribution >= 0.6 is 0 Å². The van der Waals surface area contributed by atoms with Crippen molar-refractivity contribution in [3.05, 3.63) is 24.2 Å². The second kappa shape index (κ2) is 9.59. The molecular formula is C15H22N2O5. The van der Waals surface area contributed by atoms with Crippen LogP contribution in [0.4, 0.5) is 0 Å². The Morgan fingerprint density at radius 1 is 1.23 bits per heavy atom. The molecule has 0 radical (unpaired) electrons. The first-order valence-corrected chi connectivity index (χ1v) is 7.33. The standard InChI is InChI=1S/C15H22N2O5/c1-11(17-15(21)12-7-9-22-10-12)14(20)16-8-5-3-2-4-6-13(18)19/h7,9-11H,2-6,8H2,1H3,(H,16,20)(H,17,21)(H,18,19). The third kappa shape index (κ3) is 6.92. The molecule has 0 aliphatic carbocycles. The lowest BCUT2D eigenvalue weighted by molar-refractivity contribution is -0.137. The monoisotopic (exact) mass is 310 g/mol. The van der Waals surface area contributed by atoms with Crippen LogP contribution in [0.3, 0.4) is 0 Å². The van der Waals surface area contributed by atoms with E-state index in [2.05, 4.69) is 10.6 Å². The first-order valence-electron chi connectivity index (χ1n) is 7.33. The van der Waals surface area contributed by atoms with Gasteiger partial charge in [-0.3, -0.25) is 14.4 Å². The lowest BCUT2D eigenvalue weighted by atomic mass is 10.1. The van der Waals surface area contributed by atoms with Gasteiger partial charge in [-0.05, 0) is 25.8 Å². The maximum atomic E-state index is 11.8. The molecule has 1 aromatic heterocycles. The largest absolute Gasteiger partial charge is 0.481 e. The molecule has 0 aromatic carbocycles. The molecule has 0 bridgehead atoms. The number of nitrogens with one attached hydrogen (secondary N) is 2. The lowest BCUT2D eigenvalue weighted by Crippen LogP contribution is -2.44. The van der Waals surface area contributed by atoms with Crippen molar-refractivity contribution in [1.29, 1.82) is 0 Å². The normalized spacial score (nSPS) is 11.7. The van der Waals surface area contributed by atoms with Crippen molar-refractivity contribution in [3.8, 4) is 0 Å². The number of amides is 2. The van der Waals surface area contributed by atoms with E-state index in [9.17, 15) is 14.4 Å². The number of carbonyl (C=O) groups is 3. The van der Waals surface area contributed by atoms with E-state index in [4.69, 9.17) is 9.52 Å². The van der Waals surface area contributed by atoms with E-state index in [1.165, 1.54) is 18.6 Å². The maximum absolute atomic E-state index is 11.8. The average molecular weight is 310 g/mol. The average Bonchev–Trinajstić information content (AvgIpc) is 2.99. The van der Waals surface area contributed by atoms with Crippen molar-refractivity contribution in [3.63, 3.8) is 0 Å². The zero-order valence-corrected chi connectivity index (χ0v) is 12.6. The van der Waals surface area contributed by atoms with E-state index in [1.807, 2.05) is 0 Å². The second-order valence-electron chi connectivity index (χ2n) is 5.06. The minimum Gasteiger partial charge on any atom is -0.481 e. The highest BCUT2D eigenvalue weighted by atomic mass is 16.4. The first kappa shape index (κ1) is 17.7. The van der Waals surface area contributed by atoms with Crippen molar-refractivity contribution in [2.75, 3.05) is 6.54 Å². The van der Waals surface area contributed by atoms with E-state index in [1.54, 1.807) is 6.92 Å². The molecule has 1 rings (SSSR count). The van der Waals surface area contributed by atoms with Gasteiger partial charge in [0.15, 0.2) is 0 Å². The summed E-state index contributed by atoms with van der Waals surface area (Å²) in [6.45, 7) is 2.12. The van der Waals surface area contributed by atoms with E-state index in [-0.39, 0.29) is 18.2 Å². The third-order valence-electron chi connectivity index (χ3n) is 3.14. The summed E-state index contributed by atoms with van der Waals surface area (Å²) in [6.07, 6.45) is 6.02. The second-order valence-corrected chi connectivity index (χ2v) is 5.06. The first-order chi connectivity index (χ1) is 10.5. The number of furan rings is 1. The van der Waals surface area contributed by atoms with Gasteiger partial charge >= 0.3 is 5.97 Å². The minimum absolute atomic E-state index is 0.184. The zero-order chi connectivity index (χ0) is 16.4. The van der Waals surface area contributed by atoms with Crippen LogP contribution in [0.25, 0.3) is 0 Å². The predicted octanol–water partition coefficient (Wildman–Crippen LogP) is 1.55. The summed E-state index contributed by atoms with van der Waals surface area (Å²) in [4.78, 5) is 33.9. The van der Waals surface area contributed by atoms with E-state index >= 15 is 0 Å². The van der Waals surface area contributed by atoms with Crippen LogP contribution in [0, 0.1) is 0 Å². The van der Waals surface area contributed by atoms with Crippen molar-refractivity contribution in [2.45, 2.75) is 45.1 Å². The van der Waals surface area contributed by atoms with Crippen LogP contribution in [0.1, 0.15) is 49.4 Å². The maximum Gasteiger partial charge on any atom is 0.303 e. The smallest absolute Gasteiger partial charge is 0.303 e. The Bertz CT molecular complexity index is 484. The quantitative estimate of drug-likeness (QED) is 0.568. The van der Waals surface area contributed by atoms with Crippen molar-refractivity contribution in [1.82, 2.24) is 10.6 Å². The van der Waals surface area contributed by atoms with Gasteiger partial charge in [0, 0.05) is 13.0 Å². The van der Waals surface area contributed by atoms with Crippen LogP contribution in [0.15, 0.2) is 23.0 Å². The molecule has 0 aliphatic heterocycles. The number of carboxylic acid groups (broad SMARTS) is 1. The summed E-state index contributed by atoms with van der Waals surface area (Å²) in [6, 6.07) is 0.895. The van der Waals surface area contributed by atoms with Crippen LogP contribution < -0.4 is 10.6 Å². The Morgan fingerprint density at radius 3 is 2.59 bits per heavy atom. The molecule has 1 aromatic rings. The van der Waals surface area contributed by atoms with Gasteiger partial charge in [-0.2, -0.15) is 0 Å². The molecule has 3 N–H and O–H groups in total. The Balaban J connectivity index is 2.11. The van der Waals surface area contributed by atoms with Crippen molar-refractivity contribution in [2.24, 2.45) is 0 Å². The lowest BCUT2D eigenvalue weighted by Gasteiger charge is -2.13. The molecule has 0 saturated carbocycles. The molecule has 7 heteroatoms. The molecule has 22 heavy (non-hydrogen) atoms. The highest BCUT2D eigenvalue weighted by molar-refractivity contribution is 5.97. The Hall–Kier alpha value is -2.31. The molecule has 1 heterocycles. The number of carbonyl (C=O) groups excluding carboxylic acids is 2. The van der Waals surface area contributed by atoms with Gasteiger partial charge in [-0.15, -0.1) is 0 Å². The fourth-order valence-electron chi connectivity index (χ4n) is 1.86. The number of unbranched alkanes of at least 4 members (excludes halogenated alkanes) is 3. The number of rotatable bonds is 10. The van der Waals surface area contributed by atoms with Gasteiger partial charge in [0.1, 0.15) is 12.3 Å². The van der Waals surface area contributed by atoms with Crippen molar-refractivity contribution >= 4 is 17.8 Å². The van der Waals surface area contributed by atoms with Gasteiger partial charge in [0.05, 0.1) is 11.8 Å². The van der Waals surface area contributed by atoms with Crippen LogP contribution in [-0.4, -0.2) is 35.5 Å². The van der Waals surface area contributed by atoms with Crippen LogP contribution in [0.5, 0.6) is 0 Å². The molecule has 0 saturated heterocycles. The van der Waals surface area contributed by atoms with Crippen LogP contribution in [0.2, 0.25) is 0 Å². The summed E-state index contributed by atoms with van der Waals surface area (Å²) in [5, 5.41) is 13.8. The van der Waals surface area contributed by atoms with Crippen LogP contribution in [-0.2, 0) is 9.59 Å². The predicted molar refractivity (Wildman–Crippen MR) is 79.4 cm³/mol. The van der Waals surface area contributed by atoms with Gasteiger partial charge < -0.3 is 20.2 Å². The topological polar surface area (TPSA) is 109 Å². The number of carboxylic acids is 1. The van der Waals surface area contributed by atoms with E-state index in [0.717, 1.165) is 19.3 Å². The van der Waals surface area contributed by atoms with Crippen molar-refractivity contribution < 1.29 is 23.9 Å². The molecule has 0 fully saturated rings. The molecule has 122 valence electrons. The van der Waals surface area contributed by atoms with Gasteiger partial charge in [0.25, 0.3) is 5.91 Å². The van der Waals surface area contributed by atoms with E-state index in [0.29, 0.717) is 18.5 Å². The summed E-state index contributed by atoms with van der Waals surface area (Å²) >= 11 is 0. The Morgan fingerprint density at radius 2 is 1.95 bits per heavy atom.